The molecule has 2 aliphatic rings. The smallest absolute Gasteiger partial charge is 0.248 e. The van der Waals surface area contributed by atoms with E-state index in [4.69, 9.17) is 4.74 Å². The maximum atomic E-state index is 12.4. The van der Waals surface area contributed by atoms with E-state index in [-0.39, 0.29) is 23.8 Å². The van der Waals surface area contributed by atoms with Crippen molar-refractivity contribution < 1.29 is 14.3 Å². The predicted molar refractivity (Wildman–Crippen MR) is 101 cm³/mol. The first-order valence-electron chi connectivity index (χ1n) is 9.47. The van der Waals surface area contributed by atoms with Gasteiger partial charge < -0.3 is 14.5 Å². The fourth-order valence-corrected chi connectivity index (χ4v) is 3.87. The molecule has 2 heterocycles. The first-order valence-corrected chi connectivity index (χ1v) is 9.47. The Labute approximate surface area is 155 Å². The molecule has 5 nitrogen and oxygen atoms in total. The number of carbonyl (C=O) groups excluding carboxylic acids is 2. The van der Waals surface area contributed by atoms with Crippen molar-refractivity contribution in [2.75, 3.05) is 39.4 Å². The van der Waals surface area contributed by atoms with Gasteiger partial charge in [-0.25, -0.2) is 0 Å². The second-order valence-corrected chi connectivity index (χ2v) is 7.28. The van der Waals surface area contributed by atoms with E-state index >= 15 is 0 Å². The molecular formula is C21H28N2O3. The Morgan fingerprint density at radius 2 is 1.96 bits per heavy atom. The van der Waals surface area contributed by atoms with Gasteiger partial charge in [0.25, 0.3) is 0 Å². The van der Waals surface area contributed by atoms with Gasteiger partial charge in [0.1, 0.15) is 6.61 Å². The van der Waals surface area contributed by atoms with Crippen LogP contribution in [0, 0.1) is 5.41 Å². The van der Waals surface area contributed by atoms with Crippen molar-refractivity contribution in [1.82, 2.24) is 9.80 Å². The summed E-state index contributed by atoms with van der Waals surface area (Å²) in [7, 11) is 0. The molecule has 0 unspecified atom stereocenters. The molecule has 0 bridgehead atoms. The van der Waals surface area contributed by atoms with Gasteiger partial charge in [-0.1, -0.05) is 42.5 Å². The van der Waals surface area contributed by atoms with Gasteiger partial charge in [0.05, 0.1) is 0 Å². The third kappa shape index (κ3) is 4.52. The molecule has 2 saturated heterocycles. The molecule has 2 amide bonds. The maximum absolute atomic E-state index is 12.4. The third-order valence-corrected chi connectivity index (χ3v) is 5.45. The summed E-state index contributed by atoms with van der Waals surface area (Å²) in [4.78, 5) is 28.4. The van der Waals surface area contributed by atoms with Crippen molar-refractivity contribution in [3.05, 3.63) is 42.0 Å². The average molecular weight is 356 g/mol. The summed E-state index contributed by atoms with van der Waals surface area (Å²) >= 11 is 0. The van der Waals surface area contributed by atoms with Gasteiger partial charge in [0.15, 0.2) is 0 Å². The van der Waals surface area contributed by atoms with Gasteiger partial charge in [-0.3, -0.25) is 9.59 Å². The molecule has 140 valence electrons. The molecule has 0 aliphatic carbocycles. The molecule has 1 spiro atoms. The molecule has 1 aromatic rings. The molecule has 5 heteroatoms. The summed E-state index contributed by atoms with van der Waals surface area (Å²) < 4.78 is 5.22. The van der Waals surface area contributed by atoms with Crippen molar-refractivity contribution in [1.29, 1.82) is 0 Å². The second kappa shape index (κ2) is 8.49. The normalized spacial score (nSPS) is 19.7. The first kappa shape index (κ1) is 18.6. The Morgan fingerprint density at radius 1 is 1.23 bits per heavy atom. The first-order chi connectivity index (χ1) is 12.6. The number of hydrogen-bond acceptors (Lipinski definition) is 3. The second-order valence-electron chi connectivity index (χ2n) is 7.28. The highest BCUT2D eigenvalue weighted by Gasteiger charge is 2.44. The Hall–Kier alpha value is -2.14. The lowest BCUT2D eigenvalue weighted by Crippen LogP contribution is -2.45. The van der Waals surface area contributed by atoms with Crippen LogP contribution in [-0.4, -0.2) is 61.0 Å². The minimum atomic E-state index is 0.0417. The van der Waals surface area contributed by atoms with Crippen molar-refractivity contribution in [2.45, 2.75) is 26.2 Å². The Morgan fingerprint density at radius 3 is 2.65 bits per heavy atom. The number of nitrogens with zero attached hydrogens (tertiary/aromatic N) is 2. The number of ether oxygens (including phenoxy) is 1. The molecule has 2 fully saturated rings. The minimum absolute atomic E-state index is 0.0417. The van der Waals surface area contributed by atoms with Crippen LogP contribution in [0.15, 0.2) is 36.4 Å². The van der Waals surface area contributed by atoms with Crippen molar-refractivity contribution in [3.8, 4) is 0 Å². The predicted octanol–water partition coefficient (Wildman–Crippen LogP) is 2.58. The van der Waals surface area contributed by atoms with E-state index in [9.17, 15) is 9.59 Å². The van der Waals surface area contributed by atoms with E-state index in [1.165, 1.54) is 0 Å². The molecule has 26 heavy (non-hydrogen) atoms. The number of likely N-dealkylation sites (tertiary alicyclic amines) is 2. The Balaban J connectivity index is 1.50. The molecule has 3 rings (SSSR count). The van der Waals surface area contributed by atoms with E-state index in [1.807, 2.05) is 34.9 Å². The number of carbonyl (C=O) groups is 2. The summed E-state index contributed by atoms with van der Waals surface area (Å²) in [5.74, 6) is 0.297. The monoisotopic (exact) mass is 356 g/mol. The van der Waals surface area contributed by atoms with Crippen LogP contribution in [0.1, 0.15) is 31.7 Å². The molecule has 0 radical (unpaired) electrons. The fraction of sp³-hybridized carbons (Fsp3) is 0.524. The van der Waals surface area contributed by atoms with Gasteiger partial charge in [-0.2, -0.15) is 0 Å². The van der Waals surface area contributed by atoms with E-state index < -0.39 is 0 Å². The van der Waals surface area contributed by atoms with E-state index in [0.717, 1.165) is 38.0 Å². The van der Waals surface area contributed by atoms with E-state index in [0.29, 0.717) is 19.6 Å². The standard InChI is InChI=1S/C21H28N2O3/c1-2-26-16-20(25)22-13-10-21(11-14-22)15-19(24)23(17-21)12-6-9-18-7-4-3-5-8-18/h3-9H,2,10-17H2,1H3/b9-6+. The molecule has 0 saturated carbocycles. The number of amides is 2. The largest absolute Gasteiger partial charge is 0.372 e. The highest BCUT2D eigenvalue weighted by Crippen LogP contribution is 2.40. The number of piperidine rings is 1. The summed E-state index contributed by atoms with van der Waals surface area (Å²) in [6, 6.07) is 10.1. The van der Waals surface area contributed by atoms with Crippen molar-refractivity contribution >= 4 is 17.9 Å². The van der Waals surface area contributed by atoms with Crippen LogP contribution in [0.4, 0.5) is 0 Å². The highest BCUT2D eigenvalue weighted by molar-refractivity contribution is 5.80. The number of hydrogen-bond donors (Lipinski definition) is 0. The molecule has 0 aromatic heterocycles. The molecular weight excluding hydrogens is 328 g/mol. The zero-order valence-corrected chi connectivity index (χ0v) is 15.5. The summed E-state index contributed by atoms with van der Waals surface area (Å²) in [6.45, 7) is 5.53. The summed E-state index contributed by atoms with van der Waals surface area (Å²) in [5.41, 5.74) is 1.19. The molecule has 2 aliphatic heterocycles. The summed E-state index contributed by atoms with van der Waals surface area (Å²) in [6.07, 6.45) is 6.53. The third-order valence-electron chi connectivity index (χ3n) is 5.45. The fourth-order valence-electron chi connectivity index (χ4n) is 3.87. The van der Waals surface area contributed by atoms with Crippen LogP contribution in [0.2, 0.25) is 0 Å². The van der Waals surface area contributed by atoms with E-state index in [2.05, 4.69) is 24.3 Å². The topological polar surface area (TPSA) is 49.9 Å². The quantitative estimate of drug-likeness (QED) is 0.787. The van der Waals surface area contributed by atoms with Crippen LogP contribution in [-0.2, 0) is 14.3 Å². The SMILES string of the molecule is CCOCC(=O)N1CCC2(CC1)CC(=O)N(C/C=C/c1ccccc1)C2. The van der Waals surface area contributed by atoms with Crippen LogP contribution in [0.3, 0.4) is 0 Å². The van der Waals surface area contributed by atoms with Gasteiger partial charge in [-0.05, 0) is 25.3 Å². The molecule has 0 N–H and O–H groups in total. The lowest BCUT2D eigenvalue weighted by molar-refractivity contribution is -0.138. The van der Waals surface area contributed by atoms with Crippen LogP contribution in [0.25, 0.3) is 6.08 Å². The molecule has 0 atom stereocenters. The Kier molecular flexibility index (Phi) is 6.09. The lowest BCUT2D eigenvalue weighted by atomic mass is 9.77. The van der Waals surface area contributed by atoms with Gasteiger partial charge in [0.2, 0.25) is 11.8 Å². The summed E-state index contributed by atoms with van der Waals surface area (Å²) in [5, 5.41) is 0. The molecule has 1 aromatic carbocycles. The van der Waals surface area contributed by atoms with Crippen LogP contribution in [0.5, 0.6) is 0 Å². The Bertz CT molecular complexity index is 648. The number of rotatable bonds is 6. The zero-order chi connectivity index (χ0) is 18.4. The maximum Gasteiger partial charge on any atom is 0.248 e. The van der Waals surface area contributed by atoms with Gasteiger partial charge >= 0.3 is 0 Å². The van der Waals surface area contributed by atoms with Gasteiger partial charge in [0, 0.05) is 44.6 Å². The van der Waals surface area contributed by atoms with Crippen LogP contribution < -0.4 is 0 Å². The minimum Gasteiger partial charge on any atom is -0.372 e. The number of benzene rings is 1. The highest BCUT2D eigenvalue weighted by atomic mass is 16.5. The average Bonchev–Trinajstić information content (AvgIpc) is 2.96. The van der Waals surface area contributed by atoms with Crippen LogP contribution >= 0.6 is 0 Å². The van der Waals surface area contributed by atoms with Crippen molar-refractivity contribution in [3.63, 3.8) is 0 Å². The van der Waals surface area contributed by atoms with E-state index in [1.54, 1.807) is 0 Å². The van der Waals surface area contributed by atoms with Crippen molar-refractivity contribution in [2.24, 2.45) is 5.41 Å². The zero-order valence-electron chi connectivity index (χ0n) is 15.5. The lowest BCUT2D eigenvalue weighted by Gasteiger charge is -2.38. The van der Waals surface area contributed by atoms with Gasteiger partial charge in [-0.15, -0.1) is 0 Å².